The van der Waals surface area contributed by atoms with Gasteiger partial charge in [0.05, 0.1) is 26.7 Å². The molecule has 1 aliphatic rings. The maximum atomic E-state index is 13.1. The SMILES string of the molecule is COCCNC(=O)C1CN(C(=O)c2cccc(Cl)c2)CC1c1cccc(OC)c1OC. The number of carbonyl (C=O) groups excluding carboxylic acids is 2. The quantitative estimate of drug-likeness (QED) is 0.631. The van der Waals surface area contributed by atoms with Gasteiger partial charge >= 0.3 is 0 Å². The molecule has 2 amide bonds. The van der Waals surface area contributed by atoms with E-state index in [1.54, 1.807) is 56.6 Å². The molecule has 31 heavy (non-hydrogen) atoms. The number of likely N-dealkylation sites (tertiary alicyclic amines) is 1. The molecule has 1 saturated heterocycles. The minimum absolute atomic E-state index is 0.131. The molecule has 0 spiro atoms. The lowest BCUT2D eigenvalue weighted by molar-refractivity contribution is -0.125. The summed E-state index contributed by atoms with van der Waals surface area (Å²) in [6.45, 7) is 1.47. The molecule has 1 N–H and O–H groups in total. The fourth-order valence-electron chi connectivity index (χ4n) is 3.97. The number of rotatable bonds is 8. The van der Waals surface area contributed by atoms with Crippen molar-refractivity contribution < 1.29 is 23.8 Å². The fraction of sp³-hybridized carbons (Fsp3) is 0.391. The van der Waals surface area contributed by atoms with Crippen LogP contribution in [-0.4, -0.2) is 64.3 Å². The number of halogens is 1. The van der Waals surface area contributed by atoms with Crippen LogP contribution in [0, 0.1) is 5.92 Å². The summed E-state index contributed by atoms with van der Waals surface area (Å²) < 4.78 is 16.1. The standard InChI is InChI=1S/C23H27ClN2O5/c1-29-11-10-25-22(27)19-14-26(23(28)15-6-4-7-16(24)12-15)13-18(19)17-8-5-9-20(30-2)21(17)31-3/h4-9,12,18-19H,10-11,13-14H2,1-3H3,(H,25,27). The van der Waals surface area contributed by atoms with Gasteiger partial charge in [0.25, 0.3) is 5.91 Å². The van der Waals surface area contributed by atoms with Crippen LogP contribution < -0.4 is 14.8 Å². The van der Waals surface area contributed by atoms with E-state index in [4.69, 9.17) is 25.8 Å². The van der Waals surface area contributed by atoms with Crippen LogP contribution in [-0.2, 0) is 9.53 Å². The lowest BCUT2D eigenvalue weighted by Gasteiger charge is -2.21. The zero-order valence-corrected chi connectivity index (χ0v) is 18.6. The number of para-hydroxylation sites is 1. The van der Waals surface area contributed by atoms with Gasteiger partial charge < -0.3 is 24.4 Å². The van der Waals surface area contributed by atoms with E-state index in [-0.39, 0.29) is 24.3 Å². The zero-order valence-electron chi connectivity index (χ0n) is 17.9. The lowest BCUT2D eigenvalue weighted by atomic mass is 9.87. The Morgan fingerprint density at radius 1 is 1.10 bits per heavy atom. The van der Waals surface area contributed by atoms with Crippen LogP contribution in [0.25, 0.3) is 0 Å². The molecule has 1 aliphatic heterocycles. The molecule has 8 heteroatoms. The fourth-order valence-corrected chi connectivity index (χ4v) is 4.16. The van der Waals surface area contributed by atoms with Crippen LogP contribution in [0.1, 0.15) is 21.8 Å². The predicted octanol–water partition coefficient (Wildman–Crippen LogP) is 2.98. The first-order valence-electron chi connectivity index (χ1n) is 10.0. The summed E-state index contributed by atoms with van der Waals surface area (Å²) >= 11 is 6.07. The van der Waals surface area contributed by atoms with E-state index < -0.39 is 5.92 Å². The van der Waals surface area contributed by atoms with Gasteiger partial charge in [-0.15, -0.1) is 0 Å². The highest BCUT2D eigenvalue weighted by molar-refractivity contribution is 6.30. The smallest absolute Gasteiger partial charge is 0.253 e. The first kappa shape index (κ1) is 22.9. The van der Waals surface area contributed by atoms with Gasteiger partial charge in [0.15, 0.2) is 11.5 Å². The van der Waals surface area contributed by atoms with Gasteiger partial charge in [-0.3, -0.25) is 9.59 Å². The Morgan fingerprint density at radius 2 is 1.87 bits per heavy atom. The Morgan fingerprint density at radius 3 is 2.55 bits per heavy atom. The highest BCUT2D eigenvalue weighted by atomic mass is 35.5. The molecule has 0 saturated carbocycles. The summed E-state index contributed by atoms with van der Waals surface area (Å²) in [6, 6.07) is 12.4. The minimum atomic E-state index is -0.444. The molecule has 2 aromatic rings. The van der Waals surface area contributed by atoms with Crippen LogP contribution in [0.3, 0.4) is 0 Å². The molecule has 0 bridgehead atoms. The van der Waals surface area contributed by atoms with Crippen LogP contribution in [0.4, 0.5) is 0 Å². The highest BCUT2D eigenvalue weighted by Gasteiger charge is 2.42. The minimum Gasteiger partial charge on any atom is -0.493 e. The lowest BCUT2D eigenvalue weighted by Crippen LogP contribution is -2.37. The molecule has 2 atom stereocenters. The third-order valence-corrected chi connectivity index (χ3v) is 5.69. The number of nitrogens with zero attached hydrogens (tertiary/aromatic N) is 1. The van der Waals surface area contributed by atoms with E-state index in [0.717, 1.165) is 5.56 Å². The Balaban J connectivity index is 1.93. The summed E-state index contributed by atoms with van der Waals surface area (Å²) in [7, 11) is 4.72. The number of hydrogen-bond donors (Lipinski definition) is 1. The topological polar surface area (TPSA) is 77.1 Å². The summed E-state index contributed by atoms with van der Waals surface area (Å²) in [5.41, 5.74) is 1.32. The van der Waals surface area contributed by atoms with Crippen molar-refractivity contribution in [2.24, 2.45) is 5.92 Å². The second kappa shape index (κ2) is 10.5. The molecule has 166 valence electrons. The van der Waals surface area contributed by atoms with E-state index in [2.05, 4.69) is 5.32 Å². The van der Waals surface area contributed by atoms with Gasteiger partial charge in [-0.1, -0.05) is 29.8 Å². The van der Waals surface area contributed by atoms with E-state index >= 15 is 0 Å². The number of hydrogen-bond acceptors (Lipinski definition) is 5. The van der Waals surface area contributed by atoms with Gasteiger partial charge in [0.1, 0.15) is 0 Å². The molecule has 0 aliphatic carbocycles. The molecular weight excluding hydrogens is 420 g/mol. The average Bonchev–Trinajstić information content (AvgIpc) is 3.23. The highest BCUT2D eigenvalue weighted by Crippen LogP contribution is 2.42. The molecule has 7 nitrogen and oxygen atoms in total. The van der Waals surface area contributed by atoms with Gasteiger partial charge in [-0.05, 0) is 24.3 Å². The summed E-state index contributed by atoms with van der Waals surface area (Å²) in [4.78, 5) is 27.9. The third kappa shape index (κ3) is 5.11. The van der Waals surface area contributed by atoms with Crippen molar-refractivity contribution in [1.82, 2.24) is 10.2 Å². The van der Waals surface area contributed by atoms with Crippen molar-refractivity contribution in [3.63, 3.8) is 0 Å². The van der Waals surface area contributed by atoms with Crippen molar-refractivity contribution >= 4 is 23.4 Å². The van der Waals surface area contributed by atoms with Crippen molar-refractivity contribution in [1.29, 1.82) is 0 Å². The number of ether oxygens (including phenoxy) is 3. The van der Waals surface area contributed by atoms with E-state index in [1.165, 1.54) is 0 Å². The van der Waals surface area contributed by atoms with Crippen molar-refractivity contribution in [3.05, 3.63) is 58.6 Å². The van der Waals surface area contributed by atoms with Crippen molar-refractivity contribution in [2.75, 3.05) is 47.6 Å². The Hall–Kier alpha value is -2.77. The van der Waals surface area contributed by atoms with E-state index in [1.807, 2.05) is 12.1 Å². The Bertz CT molecular complexity index is 936. The summed E-state index contributed by atoms with van der Waals surface area (Å²) in [6.07, 6.45) is 0. The maximum Gasteiger partial charge on any atom is 0.253 e. The maximum absolute atomic E-state index is 13.1. The number of amides is 2. The van der Waals surface area contributed by atoms with Gasteiger partial charge in [-0.2, -0.15) is 0 Å². The summed E-state index contributed by atoms with van der Waals surface area (Å²) in [5, 5.41) is 3.40. The summed E-state index contributed by atoms with van der Waals surface area (Å²) in [5.74, 6) is 0.159. The molecule has 2 aromatic carbocycles. The molecule has 1 heterocycles. The third-order valence-electron chi connectivity index (χ3n) is 5.45. The predicted molar refractivity (Wildman–Crippen MR) is 118 cm³/mol. The van der Waals surface area contributed by atoms with Crippen LogP contribution >= 0.6 is 11.6 Å². The van der Waals surface area contributed by atoms with Crippen LogP contribution in [0.2, 0.25) is 5.02 Å². The molecule has 0 radical (unpaired) electrons. The van der Waals surface area contributed by atoms with E-state index in [0.29, 0.717) is 41.8 Å². The first-order chi connectivity index (χ1) is 15.0. The zero-order chi connectivity index (χ0) is 22.4. The first-order valence-corrected chi connectivity index (χ1v) is 10.4. The monoisotopic (exact) mass is 446 g/mol. The second-order valence-electron chi connectivity index (χ2n) is 7.30. The van der Waals surface area contributed by atoms with Gasteiger partial charge in [0.2, 0.25) is 5.91 Å². The van der Waals surface area contributed by atoms with Crippen LogP contribution in [0.5, 0.6) is 11.5 Å². The molecule has 1 fully saturated rings. The van der Waals surface area contributed by atoms with Crippen molar-refractivity contribution in [3.8, 4) is 11.5 Å². The Kier molecular flexibility index (Phi) is 7.76. The molecule has 2 unspecified atom stereocenters. The van der Waals surface area contributed by atoms with Gasteiger partial charge in [0, 0.05) is 48.8 Å². The Labute approximate surface area is 187 Å². The average molecular weight is 447 g/mol. The van der Waals surface area contributed by atoms with Crippen LogP contribution in [0.15, 0.2) is 42.5 Å². The second-order valence-corrected chi connectivity index (χ2v) is 7.74. The number of benzene rings is 2. The number of nitrogens with one attached hydrogen (secondary N) is 1. The molecule has 3 rings (SSSR count). The van der Waals surface area contributed by atoms with Gasteiger partial charge in [-0.25, -0.2) is 0 Å². The molecule has 0 aromatic heterocycles. The number of methoxy groups -OCH3 is 3. The molecular formula is C23H27ClN2O5. The largest absolute Gasteiger partial charge is 0.493 e. The normalized spacial score (nSPS) is 18.0. The van der Waals surface area contributed by atoms with E-state index in [9.17, 15) is 9.59 Å². The van der Waals surface area contributed by atoms with Crippen molar-refractivity contribution in [2.45, 2.75) is 5.92 Å². The number of carbonyl (C=O) groups is 2.